The molecule has 1 saturated heterocycles. The number of amides is 4. The normalized spacial score (nSPS) is 15.4. The molecule has 3 rings (SSSR count). The van der Waals surface area contributed by atoms with E-state index in [9.17, 15) is 19.2 Å². The summed E-state index contributed by atoms with van der Waals surface area (Å²) >= 11 is 4.15. The first-order valence-electron chi connectivity index (χ1n) is 12.5. The Morgan fingerprint density at radius 1 is 1.03 bits per heavy atom. The summed E-state index contributed by atoms with van der Waals surface area (Å²) in [6.07, 6.45) is -0.526. The summed E-state index contributed by atoms with van der Waals surface area (Å²) in [4.78, 5) is 53.8. The number of piperazine rings is 1. The lowest BCUT2D eigenvalue weighted by molar-refractivity contribution is -0.141. The second kappa shape index (κ2) is 12.3. The first-order valence-corrected chi connectivity index (χ1v) is 13.1. The van der Waals surface area contributed by atoms with Gasteiger partial charge in [0.2, 0.25) is 23.6 Å². The molecule has 1 aromatic heterocycles. The van der Waals surface area contributed by atoms with Crippen molar-refractivity contribution < 1.29 is 23.9 Å². The van der Waals surface area contributed by atoms with Gasteiger partial charge in [0.1, 0.15) is 12.1 Å². The molecule has 1 aliphatic rings. The molecule has 11 nitrogen and oxygen atoms in total. The molecule has 0 saturated carbocycles. The molecule has 2 atom stereocenters. The minimum Gasteiger partial charge on any atom is -0.391 e. The number of aromatic nitrogens is 2. The fraction of sp³-hybridized carbons (Fsp3) is 0.500. The Hall–Kier alpha value is -3.54. The Bertz CT molecular complexity index is 1150. The van der Waals surface area contributed by atoms with Crippen molar-refractivity contribution in [3.05, 3.63) is 42.1 Å². The number of aryl methyl sites for hydroxylation is 1. The van der Waals surface area contributed by atoms with Crippen LogP contribution in [0.15, 0.2) is 36.4 Å². The molecule has 0 radical (unpaired) electrons. The van der Waals surface area contributed by atoms with Gasteiger partial charge in [0.05, 0.1) is 11.4 Å². The molecular formula is C26H36N6O5S. The van der Waals surface area contributed by atoms with Crippen LogP contribution in [-0.4, -0.2) is 87.4 Å². The molecule has 0 aliphatic carbocycles. The highest BCUT2D eigenvalue weighted by Gasteiger charge is 2.38. The summed E-state index contributed by atoms with van der Waals surface area (Å²) in [5, 5.41) is 9.75. The largest absolute Gasteiger partial charge is 0.416 e. The van der Waals surface area contributed by atoms with Crippen molar-refractivity contribution in [3.63, 3.8) is 0 Å². The second-order valence-corrected chi connectivity index (χ2v) is 10.7. The van der Waals surface area contributed by atoms with Crippen molar-refractivity contribution in [2.24, 2.45) is 5.41 Å². The maximum atomic E-state index is 13.4. The predicted octanol–water partition coefficient (Wildman–Crippen LogP) is 1.79. The summed E-state index contributed by atoms with van der Waals surface area (Å²) in [6.45, 7) is 9.83. The van der Waals surface area contributed by atoms with E-state index in [-0.39, 0.29) is 43.7 Å². The smallest absolute Gasteiger partial charge is 0.391 e. The Morgan fingerprint density at radius 3 is 2.18 bits per heavy atom. The third-order valence-electron chi connectivity index (χ3n) is 6.12. The van der Waals surface area contributed by atoms with Gasteiger partial charge in [-0.2, -0.15) is 17.7 Å². The number of hydrogen-bond donors (Lipinski definition) is 3. The number of carbonyl (C=O) groups is 4. The van der Waals surface area contributed by atoms with E-state index in [0.29, 0.717) is 11.6 Å². The van der Waals surface area contributed by atoms with Gasteiger partial charge in [-0.25, -0.2) is 9.48 Å². The number of hydrogen-bond acceptors (Lipinski definition) is 7. The van der Waals surface area contributed by atoms with E-state index in [1.807, 2.05) is 58.0 Å². The van der Waals surface area contributed by atoms with Crippen LogP contribution in [0.5, 0.6) is 5.88 Å². The van der Waals surface area contributed by atoms with Crippen LogP contribution >= 0.6 is 12.6 Å². The highest BCUT2D eigenvalue weighted by atomic mass is 32.1. The number of nitrogens with one attached hydrogen (secondary N) is 2. The number of benzene rings is 1. The standard InChI is InChI=1S/C26H36N6O5S/c1-17-15-21(32(29-17)19-9-7-6-8-10-19)37-25(36)31-13-11-30(12-14-31)24(35)22(26(3,4)5)28-23(34)20(16-38)27-18(2)33/h6-10,15,20,22,38H,11-14,16H2,1-5H3,(H,27,33)(H,28,34). The lowest BCUT2D eigenvalue weighted by Crippen LogP contribution is -2.61. The third-order valence-corrected chi connectivity index (χ3v) is 6.48. The Labute approximate surface area is 228 Å². The van der Waals surface area contributed by atoms with Crippen molar-refractivity contribution in [2.45, 2.75) is 46.7 Å². The van der Waals surface area contributed by atoms with Crippen LogP contribution in [0.4, 0.5) is 4.79 Å². The monoisotopic (exact) mass is 544 g/mol. The van der Waals surface area contributed by atoms with E-state index in [4.69, 9.17) is 4.74 Å². The average molecular weight is 545 g/mol. The number of ether oxygens (including phenoxy) is 1. The Kier molecular flexibility index (Phi) is 9.42. The van der Waals surface area contributed by atoms with Gasteiger partial charge in [-0.05, 0) is 24.5 Å². The minimum atomic E-state index is -0.854. The molecule has 12 heteroatoms. The quantitative estimate of drug-likeness (QED) is 0.457. The van der Waals surface area contributed by atoms with E-state index in [2.05, 4.69) is 28.4 Å². The van der Waals surface area contributed by atoms with Crippen LogP contribution in [0.1, 0.15) is 33.4 Å². The topological polar surface area (TPSA) is 126 Å². The molecule has 1 fully saturated rings. The zero-order chi connectivity index (χ0) is 28.0. The lowest BCUT2D eigenvalue weighted by Gasteiger charge is -2.39. The van der Waals surface area contributed by atoms with Crippen molar-refractivity contribution in [2.75, 3.05) is 31.9 Å². The number of nitrogens with zero attached hydrogens (tertiary/aromatic N) is 4. The molecule has 0 bridgehead atoms. The zero-order valence-corrected chi connectivity index (χ0v) is 23.3. The van der Waals surface area contributed by atoms with Gasteiger partial charge >= 0.3 is 6.09 Å². The minimum absolute atomic E-state index is 0.0972. The highest BCUT2D eigenvalue weighted by Crippen LogP contribution is 2.23. The molecule has 1 aliphatic heterocycles. The van der Waals surface area contributed by atoms with E-state index < -0.39 is 29.5 Å². The average Bonchev–Trinajstić information content (AvgIpc) is 3.24. The highest BCUT2D eigenvalue weighted by molar-refractivity contribution is 7.80. The molecule has 2 heterocycles. The fourth-order valence-corrected chi connectivity index (χ4v) is 4.34. The summed E-state index contributed by atoms with van der Waals surface area (Å²) in [5.41, 5.74) is 0.891. The zero-order valence-electron chi connectivity index (χ0n) is 22.4. The molecule has 0 spiro atoms. The molecule has 38 heavy (non-hydrogen) atoms. The van der Waals surface area contributed by atoms with Gasteiger partial charge in [-0.15, -0.1) is 0 Å². The van der Waals surface area contributed by atoms with E-state index >= 15 is 0 Å². The predicted molar refractivity (Wildman–Crippen MR) is 145 cm³/mol. The van der Waals surface area contributed by atoms with Crippen LogP contribution in [0.25, 0.3) is 5.69 Å². The molecule has 2 unspecified atom stereocenters. The van der Waals surface area contributed by atoms with Crippen LogP contribution in [0.2, 0.25) is 0 Å². The molecule has 2 aromatic rings. The Morgan fingerprint density at radius 2 is 1.63 bits per heavy atom. The second-order valence-electron chi connectivity index (χ2n) is 10.3. The van der Waals surface area contributed by atoms with Crippen molar-refractivity contribution >= 4 is 36.4 Å². The summed E-state index contributed by atoms with van der Waals surface area (Å²) in [7, 11) is 0. The molecule has 2 N–H and O–H groups in total. The third kappa shape index (κ3) is 7.27. The van der Waals surface area contributed by atoms with Gasteiger partial charge in [0, 0.05) is 44.9 Å². The van der Waals surface area contributed by atoms with E-state index in [1.54, 1.807) is 20.5 Å². The van der Waals surface area contributed by atoms with Crippen LogP contribution in [0, 0.1) is 12.3 Å². The maximum Gasteiger partial charge on any atom is 0.416 e. The fourth-order valence-electron chi connectivity index (χ4n) is 4.08. The van der Waals surface area contributed by atoms with Gasteiger partial charge in [0.15, 0.2) is 0 Å². The number of rotatable bonds is 7. The Balaban J connectivity index is 1.63. The maximum absolute atomic E-state index is 13.4. The van der Waals surface area contributed by atoms with Crippen molar-refractivity contribution in [1.82, 2.24) is 30.2 Å². The molecule has 4 amide bonds. The summed E-state index contributed by atoms with van der Waals surface area (Å²) in [6, 6.07) is 9.39. The van der Waals surface area contributed by atoms with Crippen molar-refractivity contribution in [3.8, 4) is 11.6 Å². The molecule has 1 aromatic carbocycles. The van der Waals surface area contributed by atoms with Gasteiger partial charge < -0.3 is 25.2 Å². The number of thiol groups is 1. The number of carbonyl (C=O) groups excluding carboxylic acids is 4. The summed E-state index contributed by atoms with van der Waals surface area (Å²) in [5.74, 6) is -0.679. The van der Waals surface area contributed by atoms with Crippen molar-refractivity contribution in [1.29, 1.82) is 0 Å². The number of para-hydroxylation sites is 1. The van der Waals surface area contributed by atoms with E-state index in [1.165, 1.54) is 6.92 Å². The van der Waals surface area contributed by atoms with Crippen LogP contribution < -0.4 is 15.4 Å². The van der Waals surface area contributed by atoms with Crippen LogP contribution in [-0.2, 0) is 14.4 Å². The summed E-state index contributed by atoms with van der Waals surface area (Å²) < 4.78 is 7.24. The van der Waals surface area contributed by atoms with Crippen LogP contribution in [0.3, 0.4) is 0 Å². The van der Waals surface area contributed by atoms with E-state index in [0.717, 1.165) is 5.69 Å². The lowest BCUT2D eigenvalue weighted by atomic mass is 9.85. The SMILES string of the molecule is CC(=O)NC(CS)C(=O)NC(C(=O)N1CCN(C(=O)Oc2cc(C)nn2-c2ccccc2)CC1)C(C)(C)C. The van der Waals surface area contributed by atoms with Gasteiger partial charge in [-0.1, -0.05) is 39.0 Å². The van der Waals surface area contributed by atoms with Gasteiger partial charge in [0.25, 0.3) is 0 Å². The molecule has 206 valence electrons. The first kappa shape index (κ1) is 29.0. The molecular weight excluding hydrogens is 508 g/mol. The van der Waals surface area contributed by atoms with Gasteiger partial charge in [-0.3, -0.25) is 14.4 Å². The first-order chi connectivity index (χ1) is 17.9.